The first-order valence-corrected chi connectivity index (χ1v) is 7.75. The van der Waals surface area contributed by atoms with Crippen LogP contribution in [0.5, 0.6) is 0 Å². The van der Waals surface area contributed by atoms with Gasteiger partial charge in [-0.05, 0) is 31.4 Å². The maximum Gasteiger partial charge on any atom is 0.385 e. The number of halogens is 2. The van der Waals surface area contributed by atoms with E-state index < -0.39 is 17.6 Å². The number of pyridine rings is 1. The summed E-state index contributed by atoms with van der Waals surface area (Å²) >= 11 is 0. The van der Waals surface area contributed by atoms with E-state index in [1.54, 1.807) is 36.4 Å². The summed E-state index contributed by atoms with van der Waals surface area (Å²) in [5.41, 5.74) is -0.0993. The van der Waals surface area contributed by atoms with E-state index in [1.807, 2.05) is 0 Å². The number of hydrogen-bond acceptors (Lipinski definition) is 4. The number of alkyl halides is 2. The first kappa shape index (κ1) is 17.0. The number of carbonyl (C=O) groups is 2. The van der Waals surface area contributed by atoms with Crippen molar-refractivity contribution in [3.63, 3.8) is 0 Å². The maximum atomic E-state index is 14.7. The standard InChI is InChI=1S/C19H15F2NO3/c1-3-25-18(24)19(20,21)17-15-10-12(11(2)23)8-9-13(15)14-6-4-5-7-16(14)22-17/h4-10H,3H2,1-2H3. The van der Waals surface area contributed by atoms with Crippen molar-refractivity contribution < 1.29 is 23.1 Å². The number of esters is 1. The molecule has 0 aliphatic rings. The second-order valence-corrected chi connectivity index (χ2v) is 5.59. The van der Waals surface area contributed by atoms with Gasteiger partial charge in [0.25, 0.3) is 0 Å². The summed E-state index contributed by atoms with van der Waals surface area (Å²) in [5.74, 6) is -5.85. The summed E-state index contributed by atoms with van der Waals surface area (Å²) < 4.78 is 33.9. The van der Waals surface area contributed by atoms with Gasteiger partial charge >= 0.3 is 11.9 Å². The number of ether oxygens (including phenoxy) is 1. The molecule has 0 spiro atoms. The summed E-state index contributed by atoms with van der Waals surface area (Å²) in [4.78, 5) is 27.5. The molecule has 3 aromatic rings. The Hall–Kier alpha value is -2.89. The monoisotopic (exact) mass is 343 g/mol. The van der Waals surface area contributed by atoms with Crippen LogP contribution in [0.25, 0.3) is 21.7 Å². The molecule has 0 aliphatic carbocycles. The lowest BCUT2D eigenvalue weighted by Gasteiger charge is -2.17. The van der Waals surface area contributed by atoms with Crippen molar-refractivity contribution in [2.24, 2.45) is 0 Å². The summed E-state index contributed by atoms with van der Waals surface area (Å²) in [7, 11) is 0. The van der Waals surface area contributed by atoms with E-state index in [4.69, 9.17) is 0 Å². The molecule has 0 saturated heterocycles. The Kier molecular flexibility index (Phi) is 4.20. The molecule has 6 heteroatoms. The third-order valence-corrected chi connectivity index (χ3v) is 3.94. The van der Waals surface area contributed by atoms with E-state index in [0.717, 1.165) is 0 Å². The molecule has 0 unspecified atom stereocenters. The first-order valence-electron chi connectivity index (χ1n) is 7.75. The first-order chi connectivity index (χ1) is 11.9. The van der Waals surface area contributed by atoms with Crippen molar-refractivity contribution in [2.45, 2.75) is 19.8 Å². The van der Waals surface area contributed by atoms with Gasteiger partial charge in [0, 0.05) is 16.3 Å². The van der Waals surface area contributed by atoms with Crippen LogP contribution in [0.3, 0.4) is 0 Å². The lowest BCUT2D eigenvalue weighted by molar-refractivity contribution is -0.173. The highest BCUT2D eigenvalue weighted by Gasteiger charge is 2.46. The number of hydrogen-bond donors (Lipinski definition) is 0. The van der Waals surface area contributed by atoms with Gasteiger partial charge in [-0.2, -0.15) is 8.78 Å². The summed E-state index contributed by atoms with van der Waals surface area (Å²) in [6, 6.07) is 11.3. The van der Waals surface area contributed by atoms with Crippen LogP contribution in [-0.2, 0) is 15.5 Å². The average Bonchev–Trinajstić information content (AvgIpc) is 2.60. The van der Waals surface area contributed by atoms with E-state index in [-0.39, 0.29) is 23.3 Å². The molecule has 0 bridgehead atoms. The van der Waals surface area contributed by atoms with Crippen LogP contribution < -0.4 is 0 Å². The molecular weight excluding hydrogens is 328 g/mol. The second kappa shape index (κ2) is 6.20. The van der Waals surface area contributed by atoms with E-state index in [9.17, 15) is 18.4 Å². The molecule has 0 amide bonds. The second-order valence-electron chi connectivity index (χ2n) is 5.59. The van der Waals surface area contributed by atoms with Crippen LogP contribution in [0, 0.1) is 0 Å². The van der Waals surface area contributed by atoms with Gasteiger partial charge in [0.1, 0.15) is 5.69 Å². The highest BCUT2D eigenvalue weighted by Crippen LogP contribution is 2.37. The number of ketones is 1. The molecule has 0 atom stereocenters. The molecule has 0 saturated carbocycles. The van der Waals surface area contributed by atoms with Crippen LogP contribution in [0.1, 0.15) is 29.9 Å². The topological polar surface area (TPSA) is 56.3 Å². The number of nitrogens with zero attached hydrogens (tertiary/aromatic N) is 1. The maximum absolute atomic E-state index is 14.7. The Balaban J connectivity index is 2.40. The Morgan fingerprint density at radius 2 is 1.80 bits per heavy atom. The molecule has 0 fully saturated rings. The van der Waals surface area contributed by atoms with Crippen LogP contribution in [0.2, 0.25) is 0 Å². The number of Topliss-reactive ketones (excluding diaryl/α,β-unsaturated/α-hetero) is 1. The van der Waals surface area contributed by atoms with Gasteiger partial charge in [0.15, 0.2) is 5.78 Å². The normalized spacial score (nSPS) is 11.7. The number of aromatic nitrogens is 1. The fourth-order valence-electron chi connectivity index (χ4n) is 2.73. The predicted molar refractivity (Wildman–Crippen MR) is 89.8 cm³/mol. The molecule has 2 aromatic carbocycles. The van der Waals surface area contributed by atoms with Crippen LogP contribution in [-0.4, -0.2) is 23.3 Å². The SMILES string of the molecule is CCOC(=O)C(F)(F)c1nc2ccccc2c2ccc(C(C)=O)cc12. The Morgan fingerprint density at radius 1 is 1.08 bits per heavy atom. The minimum Gasteiger partial charge on any atom is -0.461 e. The molecule has 1 heterocycles. The fraction of sp³-hybridized carbons (Fsp3) is 0.211. The zero-order valence-electron chi connectivity index (χ0n) is 13.7. The van der Waals surface area contributed by atoms with Crippen molar-refractivity contribution in [3.05, 3.63) is 53.7 Å². The Bertz CT molecular complexity index is 999. The number of benzene rings is 2. The van der Waals surface area contributed by atoms with Gasteiger partial charge in [-0.15, -0.1) is 0 Å². The van der Waals surface area contributed by atoms with Gasteiger partial charge in [-0.1, -0.05) is 30.3 Å². The van der Waals surface area contributed by atoms with E-state index in [2.05, 4.69) is 9.72 Å². The number of rotatable bonds is 4. The molecular formula is C19H15F2NO3. The highest BCUT2D eigenvalue weighted by atomic mass is 19.3. The van der Waals surface area contributed by atoms with Crippen molar-refractivity contribution in [1.29, 1.82) is 0 Å². The molecule has 128 valence electrons. The largest absolute Gasteiger partial charge is 0.461 e. The molecule has 0 N–H and O–H groups in total. The van der Waals surface area contributed by atoms with E-state index >= 15 is 0 Å². The minimum absolute atomic E-state index is 0.0597. The average molecular weight is 343 g/mol. The number of fused-ring (bicyclic) bond motifs is 3. The molecule has 3 rings (SSSR count). The van der Waals surface area contributed by atoms with E-state index in [1.165, 1.54) is 19.9 Å². The van der Waals surface area contributed by atoms with Crippen LogP contribution >= 0.6 is 0 Å². The van der Waals surface area contributed by atoms with Gasteiger partial charge < -0.3 is 4.74 Å². The smallest absolute Gasteiger partial charge is 0.385 e. The third-order valence-electron chi connectivity index (χ3n) is 3.94. The van der Waals surface area contributed by atoms with Crippen LogP contribution in [0.15, 0.2) is 42.5 Å². The Morgan fingerprint density at radius 3 is 2.48 bits per heavy atom. The molecule has 0 radical (unpaired) electrons. The highest BCUT2D eigenvalue weighted by molar-refractivity contribution is 6.10. The fourth-order valence-corrected chi connectivity index (χ4v) is 2.73. The Labute approximate surface area is 142 Å². The zero-order valence-corrected chi connectivity index (χ0v) is 13.7. The van der Waals surface area contributed by atoms with Crippen molar-refractivity contribution in [2.75, 3.05) is 6.61 Å². The summed E-state index contributed by atoms with van der Waals surface area (Å²) in [6.07, 6.45) is 0. The van der Waals surface area contributed by atoms with E-state index in [0.29, 0.717) is 16.3 Å². The molecule has 1 aromatic heterocycles. The lowest BCUT2D eigenvalue weighted by Crippen LogP contribution is -2.29. The summed E-state index contributed by atoms with van der Waals surface area (Å²) in [5, 5.41) is 1.22. The van der Waals surface area contributed by atoms with Gasteiger partial charge in [0.05, 0.1) is 12.1 Å². The lowest BCUT2D eigenvalue weighted by atomic mass is 9.98. The van der Waals surface area contributed by atoms with Crippen molar-refractivity contribution in [3.8, 4) is 0 Å². The predicted octanol–water partition coefficient (Wildman–Crippen LogP) is 4.25. The van der Waals surface area contributed by atoms with Gasteiger partial charge in [-0.25, -0.2) is 9.78 Å². The zero-order chi connectivity index (χ0) is 18.2. The van der Waals surface area contributed by atoms with Crippen LogP contribution in [0.4, 0.5) is 8.78 Å². The molecule has 25 heavy (non-hydrogen) atoms. The number of para-hydroxylation sites is 1. The molecule has 0 aliphatic heterocycles. The minimum atomic E-state index is -3.92. The van der Waals surface area contributed by atoms with Crippen molar-refractivity contribution >= 4 is 33.4 Å². The molecule has 4 nitrogen and oxygen atoms in total. The van der Waals surface area contributed by atoms with Gasteiger partial charge in [0.2, 0.25) is 0 Å². The quantitative estimate of drug-likeness (QED) is 0.404. The summed E-state index contributed by atoms with van der Waals surface area (Å²) in [6.45, 7) is 2.63. The number of carbonyl (C=O) groups excluding carboxylic acids is 2. The van der Waals surface area contributed by atoms with Crippen molar-refractivity contribution in [1.82, 2.24) is 4.98 Å². The van der Waals surface area contributed by atoms with Gasteiger partial charge in [-0.3, -0.25) is 4.79 Å². The third kappa shape index (κ3) is 2.84.